The van der Waals surface area contributed by atoms with Crippen LogP contribution in [0.15, 0.2) is 107 Å². The van der Waals surface area contributed by atoms with Crippen LogP contribution in [0.4, 0.5) is 32.1 Å². The minimum Gasteiger partial charge on any atom is -0.487 e. The van der Waals surface area contributed by atoms with Crippen molar-refractivity contribution in [2.75, 3.05) is 10.6 Å². The Morgan fingerprint density at radius 3 is 1.61 bits per heavy atom. The zero-order valence-corrected chi connectivity index (χ0v) is 43.5. The van der Waals surface area contributed by atoms with Crippen molar-refractivity contribution in [1.29, 1.82) is 0 Å². The van der Waals surface area contributed by atoms with E-state index in [9.17, 15) is 18.4 Å². The molecule has 0 spiro atoms. The second kappa shape index (κ2) is 22.0. The Hall–Kier alpha value is -7.41. The number of nitrogens with two attached hydrogens (primary N) is 1. The maximum Gasteiger partial charge on any atom is 0.434 e. The van der Waals surface area contributed by atoms with Crippen LogP contribution in [0, 0.1) is 30.9 Å². The minimum absolute atomic E-state index is 0.149. The van der Waals surface area contributed by atoms with Gasteiger partial charge in [-0.3, -0.25) is 10.2 Å². The fourth-order valence-corrected chi connectivity index (χ4v) is 9.98. The van der Waals surface area contributed by atoms with Crippen LogP contribution in [0.3, 0.4) is 0 Å². The van der Waals surface area contributed by atoms with Crippen LogP contribution in [-0.4, -0.2) is 57.8 Å². The number of hydrogen-bond donors (Lipinski definition) is 5. The third-order valence-corrected chi connectivity index (χ3v) is 13.9. The fraction of sp³-hybridized carbons (Fsp3) is 0.436. The Morgan fingerprint density at radius 1 is 0.703 bits per heavy atom. The number of pyridine rings is 2. The van der Waals surface area contributed by atoms with Crippen LogP contribution in [0.5, 0.6) is 11.5 Å². The molecule has 19 heteroatoms. The molecule has 74 heavy (non-hydrogen) atoms. The van der Waals surface area contributed by atoms with Crippen molar-refractivity contribution < 1.29 is 27.5 Å². The number of aromatic amines is 1. The Balaban J connectivity index is 0.000000197. The van der Waals surface area contributed by atoms with Gasteiger partial charge in [0.25, 0.3) is 0 Å². The lowest BCUT2D eigenvalue weighted by Crippen LogP contribution is -2.48. The van der Waals surface area contributed by atoms with E-state index < -0.39 is 16.6 Å². The molecule has 2 aromatic carbocycles. The molecule has 5 heterocycles. The van der Waals surface area contributed by atoms with E-state index in [2.05, 4.69) is 78.0 Å². The average molecular weight is 1020 g/mol. The molecule has 0 aliphatic heterocycles. The number of carbonyl (C=O) groups excluding carboxylic acids is 1. The summed E-state index contributed by atoms with van der Waals surface area (Å²) in [5.74, 6) is 8.06. The molecule has 2 fully saturated rings. The Labute approximate surface area is 430 Å². The van der Waals surface area contributed by atoms with E-state index in [4.69, 9.17) is 29.7 Å². The minimum atomic E-state index is -0.710. The zero-order chi connectivity index (χ0) is 52.8. The maximum absolute atomic E-state index is 14.5. The molecule has 0 saturated heterocycles. The molecule has 6 N–H and O–H groups in total. The summed E-state index contributed by atoms with van der Waals surface area (Å²) in [7, 11) is 0. The SMILES string of the molecule is Cc1cccc(OC2CCC(Cc3cccc(Nc4ccnn4C(C)(C)C)n3)(C(=O)NN)CC2)c1F.Cc1cccc(OC2CCC(Cc3cccc(Nc4ccnn4C(C)(C)C)n3)(c3n[nH]c(=O)o3)CC2)c1F. The summed E-state index contributed by atoms with van der Waals surface area (Å²) in [5, 5.41) is 22.2. The second-order valence-electron chi connectivity index (χ2n) is 21.6. The predicted octanol–water partition coefficient (Wildman–Crippen LogP) is 10.2. The highest BCUT2D eigenvalue weighted by molar-refractivity contribution is 5.82. The molecule has 9 rings (SSSR count). The quantitative estimate of drug-likeness (QED) is 0.0390. The van der Waals surface area contributed by atoms with E-state index >= 15 is 0 Å². The Kier molecular flexibility index (Phi) is 15.7. The van der Waals surface area contributed by atoms with Gasteiger partial charge in [-0.1, -0.05) is 36.4 Å². The molecule has 2 aliphatic rings. The van der Waals surface area contributed by atoms with E-state index in [0.29, 0.717) is 92.9 Å². The van der Waals surface area contributed by atoms with Crippen LogP contribution in [0.1, 0.15) is 121 Å². The second-order valence-corrected chi connectivity index (χ2v) is 21.6. The molecule has 17 nitrogen and oxygen atoms in total. The molecule has 0 atom stereocenters. The molecule has 0 radical (unpaired) electrons. The number of aromatic nitrogens is 8. The summed E-state index contributed by atoms with van der Waals surface area (Å²) in [5.41, 5.74) is 3.46. The largest absolute Gasteiger partial charge is 0.487 e. The zero-order valence-electron chi connectivity index (χ0n) is 43.5. The number of nitrogens with zero attached hydrogens (tertiary/aromatic N) is 7. The summed E-state index contributed by atoms with van der Waals surface area (Å²) in [6.07, 6.45) is 9.12. The Morgan fingerprint density at radius 2 is 1.16 bits per heavy atom. The number of ether oxygens (including phenoxy) is 2. The summed E-state index contributed by atoms with van der Waals surface area (Å²) in [6.45, 7) is 15.9. The lowest BCUT2D eigenvalue weighted by atomic mass is 9.69. The molecular formula is C55H68F2N12O5. The lowest BCUT2D eigenvalue weighted by Gasteiger charge is -2.38. The van der Waals surface area contributed by atoms with Crippen LogP contribution in [-0.2, 0) is 34.1 Å². The molecule has 5 aromatic heterocycles. The predicted molar refractivity (Wildman–Crippen MR) is 279 cm³/mol. The first-order chi connectivity index (χ1) is 35.2. The van der Waals surface area contributed by atoms with Gasteiger partial charge >= 0.3 is 5.76 Å². The number of anilines is 4. The van der Waals surface area contributed by atoms with Crippen LogP contribution >= 0.6 is 0 Å². The molecule has 0 unspecified atom stereocenters. The van der Waals surface area contributed by atoms with E-state index in [1.165, 1.54) is 0 Å². The van der Waals surface area contributed by atoms with Crippen molar-refractivity contribution in [3.8, 4) is 11.5 Å². The number of nitrogens with one attached hydrogen (secondary N) is 4. The highest BCUT2D eigenvalue weighted by Gasteiger charge is 2.44. The van der Waals surface area contributed by atoms with Gasteiger partial charge in [-0.2, -0.15) is 10.2 Å². The number of halogens is 2. The van der Waals surface area contributed by atoms with Crippen LogP contribution < -0.4 is 37.1 Å². The molecular weight excluding hydrogens is 947 g/mol. The number of hydrogen-bond acceptors (Lipinski definition) is 13. The van der Waals surface area contributed by atoms with Gasteiger partial charge in [-0.25, -0.2) is 43.8 Å². The normalized spacial score (nSPS) is 20.0. The van der Waals surface area contributed by atoms with E-state index in [1.54, 1.807) is 62.6 Å². The van der Waals surface area contributed by atoms with E-state index in [-0.39, 0.29) is 52.3 Å². The number of amides is 1. The number of benzene rings is 2. The first kappa shape index (κ1) is 52.9. The van der Waals surface area contributed by atoms with Gasteiger partial charge < -0.3 is 24.5 Å². The van der Waals surface area contributed by atoms with Crippen molar-refractivity contribution in [2.45, 2.75) is 148 Å². The van der Waals surface area contributed by atoms with Crippen LogP contribution in [0.2, 0.25) is 0 Å². The number of H-pyrrole nitrogens is 1. The first-order valence-corrected chi connectivity index (χ1v) is 25.2. The molecule has 392 valence electrons. The topological polar surface area (TPSA) is 218 Å². The van der Waals surface area contributed by atoms with Crippen molar-refractivity contribution in [3.05, 3.63) is 148 Å². The summed E-state index contributed by atoms with van der Waals surface area (Å²) >= 11 is 0. The molecule has 7 aromatic rings. The van der Waals surface area contributed by atoms with Crippen molar-refractivity contribution in [1.82, 2.24) is 45.2 Å². The molecule has 2 saturated carbocycles. The highest BCUT2D eigenvalue weighted by Crippen LogP contribution is 2.43. The van der Waals surface area contributed by atoms with E-state index in [0.717, 1.165) is 23.0 Å². The van der Waals surface area contributed by atoms with Crippen LogP contribution in [0.25, 0.3) is 0 Å². The Bertz CT molecular complexity index is 3080. The van der Waals surface area contributed by atoms with Gasteiger partial charge in [-0.05, 0) is 154 Å². The fourth-order valence-electron chi connectivity index (χ4n) is 9.98. The van der Waals surface area contributed by atoms with E-state index in [1.807, 2.05) is 57.9 Å². The molecule has 0 bridgehead atoms. The first-order valence-electron chi connectivity index (χ1n) is 25.2. The summed E-state index contributed by atoms with van der Waals surface area (Å²) in [6, 6.07) is 25.7. The molecule has 1 amide bonds. The molecule has 2 aliphatic carbocycles. The van der Waals surface area contributed by atoms with Crippen molar-refractivity contribution in [2.24, 2.45) is 11.3 Å². The smallest absolute Gasteiger partial charge is 0.434 e. The monoisotopic (exact) mass is 1010 g/mol. The van der Waals surface area contributed by atoms with Gasteiger partial charge in [0.05, 0.1) is 46.5 Å². The third kappa shape index (κ3) is 12.3. The standard InChI is InChI=1S/C28H33FN6O3.C27H35FN6O2/c1-18-7-5-9-21(24(18)29)37-20-11-14-28(15-12-20,25-33-34-26(36)38-25)17-19-8-6-10-22(31-19)32-23-13-16-30-35(23)27(2,3)4;1-18-7-5-9-21(24(18)28)36-20-11-14-27(15-12-20,25(35)33-29)17-19-8-6-10-22(31-19)32-23-13-16-30-34(23)26(2,3)4/h5-10,13,16,20H,11-12,14-15,17H2,1-4H3,(H,31,32)(H,34,36);5-10,13,16,20H,11-12,14-15,17,29H2,1-4H3,(H,31,32)(H,33,35). The van der Waals surface area contributed by atoms with Gasteiger partial charge in [0, 0.05) is 36.4 Å². The number of rotatable bonds is 14. The average Bonchev–Trinajstić information content (AvgIpc) is 4.16. The third-order valence-electron chi connectivity index (χ3n) is 13.9. The number of aryl methyl sites for hydroxylation is 2. The van der Waals surface area contributed by atoms with Crippen molar-refractivity contribution in [3.63, 3.8) is 0 Å². The summed E-state index contributed by atoms with van der Waals surface area (Å²) < 4.78 is 50.2. The van der Waals surface area contributed by atoms with Gasteiger partial charge in [-0.15, -0.1) is 5.10 Å². The number of carbonyl (C=O) groups is 1. The van der Waals surface area contributed by atoms with Gasteiger partial charge in [0.1, 0.15) is 23.3 Å². The number of hydrazine groups is 1. The highest BCUT2D eigenvalue weighted by atomic mass is 19.1. The van der Waals surface area contributed by atoms with Gasteiger partial charge in [0.2, 0.25) is 11.8 Å². The summed E-state index contributed by atoms with van der Waals surface area (Å²) in [4.78, 5) is 34.5. The maximum atomic E-state index is 14.5. The van der Waals surface area contributed by atoms with Gasteiger partial charge in [0.15, 0.2) is 23.1 Å². The van der Waals surface area contributed by atoms with Crippen molar-refractivity contribution >= 4 is 29.2 Å². The lowest BCUT2D eigenvalue weighted by molar-refractivity contribution is -0.134.